The van der Waals surface area contributed by atoms with Crippen LogP contribution in [0.5, 0.6) is 5.75 Å². The van der Waals surface area contributed by atoms with Crippen LogP contribution in [-0.2, 0) is 32.6 Å². The van der Waals surface area contributed by atoms with Gasteiger partial charge in [0.05, 0.1) is 17.2 Å². The van der Waals surface area contributed by atoms with E-state index in [0.717, 1.165) is 9.87 Å². The Morgan fingerprint density at radius 3 is 2.07 bits per heavy atom. The van der Waals surface area contributed by atoms with Crippen LogP contribution < -0.4 is 14.4 Å². The Bertz CT molecular complexity index is 1680. The van der Waals surface area contributed by atoms with Gasteiger partial charge in [0.15, 0.2) is 0 Å². The summed E-state index contributed by atoms with van der Waals surface area (Å²) in [7, 11) is -4.27. The molecule has 242 valence electrons. The van der Waals surface area contributed by atoms with E-state index in [1.54, 1.807) is 61.5 Å². The highest BCUT2D eigenvalue weighted by Crippen LogP contribution is 2.33. The van der Waals surface area contributed by atoms with Gasteiger partial charge in [0, 0.05) is 19.5 Å². The third-order valence-electron chi connectivity index (χ3n) is 7.27. The van der Waals surface area contributed by atoms with Crippen LogP contribution in [0.3, 0.4) is 0 Å². The van der Waals surface area contributed by atoms with E-state index in [0.29, 0.717) is 12.1 Å². The second kappa shape index (κ2) is 16.0. The molecule has 2 amide bonds. The van der Waals surface area contributed by atoms with Gasteiger partial charge in [-0.05, 0) is 60.4 Å². The fraction of sp³-hybridized carbons (Fsp3) is 0.278. The van der Waals surface area contributed by atoms with Crippen molar-refractivity contribution in [2.75, 3.05) is 24.0 Å². The zero-order valence-corrected chi connectivity index (χ0v) is 27.1. The minimum absolute atomic E-state index is 0.00491. The average molecular weight is 646 g/mol. The van der Waals surface area contributed by atoms with Crippen molar-refractivity contribution in [1.29, 1.82) is 0 Å². The third kappa shape index (κ3) is 8.94. The Hall–Kier alpha value is -4.70. The summed E-state index contributed by atoms with van der Waals surface area (Å²) >= 11 is 0. The van der Waals surface area contributed by atoms with Gasteiger partial charge < -0.3 is 15.0 Å². The molecule has 0 aliphatic heterocycles. The van der Waals surface area contributed by atoms with E-state index in [1.165, 1.54) is 29.2 Å². The van der Waals surface area contributed by atoms with E-state index >= 15 is 0 Å². The second-order valence-electron chi connectivity index (χ2n) is 11.2. The molecular formula is C36H40FN3O5S. The van der Waals surface area contributed by atoms with Crippen LogP contribution in [-0.4, -0.2) is 50.9 Å². The van der Waals surface area contributed by atoms with Gasteiger partial charge >= 0.3 is 0 Å². The van der Waals surface area contributed by atoms with Gasteiger partial charge in [-0.25, -0.2) is 12.8 Å². The summed E-state index contributed by atoms with van der Waals surface area (Å²) in [5.41, 5.74) is 1.59. The Morgan fingerprint density at radius 2 is 1.43 bits per heavy atom. The zero-order valence-electron chi connectivity index (χ0n) is 26.3. The maximum atomic E-state index is 14.5. The molecule has 0 aromatic heterocycles. The molecule has 0 unspecified atom stereocenters. The lowest BCUT2D eigenvalue weighted by atomic mass is 10.0. The van der Waals surface area contributed by atoms with E-state index in [9.17, 15) is 22.4 Å². The molecule has 0 aliphatic carbocycles. The summed E-state index contributed by atoms with van der Waals surface area (Å²) in [6, 6.07) is 28.4. The highest BCUT2D eigenvalue weighted by molar-refractivity contribution is 7.92. The Kier molecular flexibility index (Phi) is 11.9. The minimum atomic E-state index is -4.27. The normalized spacial score (nSPS) is 11.9. The summed E-state index contributed by atoms with van der Waals surface area (Å²) in [6.45, 7) is 5.71. The van der Waals surface area contributed by atoms with Crippen molar-refractivity contribution < 1.29 is 27.1 Å². The number of carbonyl (C=O) groups is 2. The molecule has 8 nitrogen and oxygen atoms in total. The molecule has 10 heteroatoms. The number of rotatable bonds is 15. The van der Waals surface area contributed by atoms with Crippen LogP contribution in [0.1, 0.15) is 31.9 Å². The zero-order chi connectivity index (χ0) is 33.1. The Morgan fingerprint density at radius 1 is 0.826 bits per heavy atom. The Balaban J connectivity index is 1.82. The maximum Gasteiger partial charge on any atom is 0.264 e. The number of para-hydroxylation sites is 2. The standard InChI is InChI=1S/C36H40FN3O5S/c1-4-45-34-18-12-11-17-32(34)40(46(43,44)31-15-9-6-10-16-31)26-35(41)39(25-29-19-21-30(37)22-20-29)33(36(42)38-24-27(2)3)23-28-13-7-5-8-14-28/h5-22,27,33H,4,23-26H2,1-3H3,(H,38,42)/t33-/m0/s1. The lowest BCUT2D eigenvalue weighted by molar-refractivity contribution is -0.140. The van der Waals surface area contributed by atoms with Crippen LogP contribution in [0, 0.1) is 11.7 Å². The molecular weight excluding hydrogens is 605 g/mol. The number of anilines is 1. The lowest BCUT2D eigenvalue weighted by Crippen LogP contribution is -2.53. The fourth-order valence-corrected chi connectivity index (χ4v) is 6.38. The summed E-state index contributed by atoms with van der Waals surface area (Å²) < 4.78 is 49.1. The van der Waals surface area contributed by atoms with Crippen LogP contribution in [0.25, 0.3) is 0 Å². The molecule has 0 radical (unpaired) electrons. The molecule has 0 heterocycles. The van der Waals surface area contributed by atoms with Crippen molar-refractivity contribution >= 4 is 27.5 Å². The van der Waals surface area contributed by atoms with Crippen LogP contribution in [0.15, 0.2) is 114 Å². The number of ether oxygens (including phenoxy) is 1. The van der Waals surface area contributed by atoms with E-state index < -0.39 is 34.3 Å². The highest BCUT2D eigenvalue weighted by Gasteiger charge is 2.35. The molecule has 0 bridgehead atoms. The number of hydrogen-bond donors (Lipinski definition) is 1. The summed E-state index contributed by atoms with van der Waals surface area (Å²) in [4.78, 5) is 29.8. The largest absolute Gasteiger partial charge is 0.492 e. The molecule has 0 saturated heterocycles. The van der Waals surface area contributed by atoms with Crippen molar-refractivity contribution in [3.8, 4) is 5.75 Å². The fourth-order valence-electron chi connectivity index (χ4n) is 4.94. The van der Waals surface area contributed by atoms with Gasteiger partial charge in [-0.3, -0.25) is 13.9 Å². The molecule has 4 aromatic rings. The van der Waals surface area contributed by atoms with Crippen LogP contribution >= 0.6 is 0 Å². The number of nitrogens with zero attached hydrogens (tertiary/aromatic N) is 2. The van der Waals surface area contributed by atoms with Crippen LogP contribution in [0.2, 0.25) is 0 Å². The van der Waals surface area contributed by atoms with E-state index in [4.69, 9.17) is 4.74 Å². The van der Waals surface area contributed by atoms with Gasteiger partial charge in [0.25, 0.3) is 10.0 Å². The van der Waals surface area contributed by atoms with Crippen molar-refractivity contribution in [3.05, 3.63) is 126 Å². The predicted octanol–water partition coefficient (Wildman–Crippen LogP) is 5.83. The van der Waals surface area contributed by atoms with Gasteiger partial charge in [0.2, 0.25) is 11.8 Å². The smallest absolute Gasteiger partial charge is 0.264 e. The predicted molar refractivity (Wildman–Crippen MR) is 177 cm³/mol. The SMILES string of the molecule is CCOc1ccccc1N(CC(=O)N(Cc1ccc(F)cc1)[C@@H](Cc1ccccc1)C(=O)NCC(C)C)S(=O)(=O)c1ccccc1. The number of halogens is 1. The molecule has 0 aliphatic rings. The summed E-state index contributed by atoms with van der Waals surface area (Å²) in [6.07, 6.45) is 0.179. The molecule has 0 fully saturated rings. The Labute approximate surface area is 270 Å². The van der Waals surface area contributed by atoms with E-state index in [1.807, 2.05) is 44.2 Å². The van der Waals surface area contributed by atoms with Crippen molar-refractivity contribution in [3.63, 3.8) is 0 Å². The summed E-state index contributed by atoms with van der Waals surface area (Å²) in [5, 5.41) is 2.95. The quantitative estimate of drug-likeness (QED) is 0.176. The number of nitrogens with one attached hydrogen (secondary N) is 1. The highest BCUT2D eigenvalue weighted by atomic mass is 32.2. The van der Waals surface area contributed by atoms with Crippen molar-refractivity contribution in [1.82, 2.24) is 10.2 Å². The lowest BCUT2D eigenvalue weighted by Gasteiger charge is -2.34. The first-order valence-electron chi connectivity index (χ1n) is 15.2. The molecule has 4 aromatic carbocycles. The molecule has 0 spiro atoms. The number of amides is 2. The first-order valence-corrected chi connectivity index (χ1v) is 16.7. The van der Waals surface area contributed by atoms with E-state index in [2.05, 4.69) is 5.32 Å². The number of hydrogen-bond acceptors (Lipinski definition) is 5. The van der Waals surface area contributed by atoms with Crippen molar-refractivity contribution in [2.24, 2.45) is 5.92 Å². The number of sulfonamides is 1. The second-order valence-corrected chi connectivity index (χ2v) is 13.1. The third-order valence-corrected chi connectivity index (χ3v) is 9.04. The molecule has 46 heavy (non-hydrogen) atoms. The number of carbonyl (C=O) groups excluding carboxylic acids is 2. The van der Waals surface area contributed by atoms with Crippen LogP contribution in [0.4, 0.5) is 10.1 Å². The molecule has 0 saturated carbocycles. The van der Waals surface area contributed by atoms with Gasteiger partial charge in [-0.1, -0.05) is 86.6 Å². The average Bonchev–Trinajstić information content (AvgIpc) is 3.06. The van der Waals surface area contributed by atoms with Gasteiger partial charge in [-0.15, -0.1) is 0 Å². The molecule has 1 atom stereocenters. The summed E-state index contributed by atoms with van der Waals surface area (Å²) in [5.74, 6) is -0.984. The molecule has 4 rings (SSSR count). The first-order chi connectivity index (χ1) is 22.1. The maximum absolute atomic E-state index is 14.5. The van der Waals surface area contributed by atoms with Crippen molar-refractivity contribution in [2.45, 2.75) is 44.7 Å². The van der Waals surface area contributed by atoms with E-state index in [-0.39, 0.29) is 47.7 Å². The van der Waals surface area contributed by atoms with Gasteiger partial charge in [-0.2, -0.15) is 0 Å². The number of benzene rings is 4. The monoisotopic (exact) mass is 645 g/mol. The van der Waals surface area contributed by atoms with Gasteiger partial charge in [0.1, 0.15) is 24.2 Å². The minimum Gasteiger partial charge on any atom is -0.492 e. The molecule has 1 N–H and O–H groups in total. The topological polar surface area (TPSA) is 96.0 Å². The first kappa shape index (κ1) is 34.2.